The first-order chi connectivity index (χ1) is 7.77. The van der Waals surface area contributed by atoms with Crippen LogP contribution in [0.25, 0.3) is 0 Å². The van der Waals surface area contributed by atoms with E-state index in [9.17, 15) is 4.39 Å². The molecule has 4 heteroatoms. The molecule has 1 unspecified atom stereocenters. The third kappa shape index (κ3) is 4.24. The van der Waals surface area contributed by atoms with Gasteiger partial charge in [-0.1, -0.05) is 6.92 Å². The third-order valence-electron chi connectivity index (χ3n) is 2.33. The van der Waals surface area contributed by atoms with Gasteiger partial charge in [0.2, 0.25) is 0 Å². The molecule has 0 aliphatic rings. The van der Waals surface area contributed by atoms with E-state index in [0.29, 0.717) is 18.7 Å². The molecular formula is C12H19FN2O. The molecule has 1 heterocycles. The molecule has 0 fully saturated rings. The van der Waals surface area contributed by atoms with Crippen LogP contribution >= 0.6 is 0 Å². The Balaban J connectivity index is 2.56. The van der Waals surface area contributed by atoms with Crippen molar-refractivity contribution in [2.75, 3.05) is 20.3 Å². The summed E-state index contributed by atoms with van der Waals surface area (Å²) in [6, 6.07) is 3.16. The van der Waals surface area contributed by atoms with Gasteiger partial charge >= 0.3 is 0 Å². The zero-order valence-corrected chi connectivity index (χ0v) is 9.87. The van der Waals surface area contributed by atoms with Crippen LogP contribution < -0.4 is 5.32 Å². The number of halogens is 1. The minimum Gasteiger partial charge on any atom is -0.383 e. The summed E-state index contributed by atoms with van der Waals surface area (Å²) >= 11 is 0. The average Bonchev–Trinajstić information content (AvgIpc) is 2.29. The number of methoxy groups -OCH3 is 1. The number of nitrogens with zero attached hydrogens (tertiary/aromatic N) is 1. The summed E-state index contributed by atoms with van der Waals surface area (Å²) in [5.41, 5.74) is 0.494. The molecule has 0 aliphatic heterocycles. The Labute approximate surface area is 96.0 Å². The molecule has 0 saturated heterocycles. The van der Waals surface area contributed by atoms with E-state index in [1.54, 1.807) is 19.4 Å². The van der Waals surface area contributed by atoms with Gasteiger partial charge in [-0.25, -0.2) is 4.39 Å². The summed E-state index contributed by atoms with van der Waals surface area (Å²) in [4.78, 5) is 4.04. The molecular weight excluding hydrogens is 207 g/mol. The van der Waals surface area contributed by atoms with Crippen molar-refractivity contribution in [2.45, 2.75) is 25.8 Å². The first-order valence-corrected chi connectivity index (χ1v) is 5.59. The van der Waals surface area contributed by atoms with Gasteiger partial charge < -0.3 is 10.1 Å². The lowest BCUT2D eigenvalue weighted by molar-refractivity contribution is 0.165. The van der Waals surface area contributed by atoms with Gasteiger partial charge in [0, 0.05) is 25.8 Å². The maximum atomic E-state index is 13.4. The maximum Gasteiger partial charge on any atom is 0.144 e. The van der Waals surface area contributed by atoms with Crippen LogP contribution in [0.3, 0.4) is 0 Å². The van der Waals surface area contributed by atoms with Crippen molar-refractivity contribution in [1.82, 2.24) is 10.3 Å². The fourth-order valence-corrected chi connectivity index (χ4v) is 1.54. The molecule has 0 bridgehead atoms. The summed E-state index contributed by atoms with van der Waals surface area (Å²) < 4.78 is 18.5. The lowest BCUT2D eigenvalue weighted by atomic mass is 10.1. The van der Waals surface area contributed by atoms with E-state index >= 15 is 0 Å². The van der Waals surface area contributed by atoms with Crippen molar-refractivity contribution in [2.24, 2.45) is 0 Å². The fourth-order valence-electron chi connectivity index (χ4n) is 1.54. The first-order valence-electron chi connectivity index (χ1n) is 5.59. The maximum absolute atomic E-state index is 13.4. The Morgan fingerprint density at radius 2 is 2.38 bits per heavy atom. The van der Waals surface area contributed by atoms with Gasteiger partial charge in [-0.15, -0.1) is 0 Å². The molecule has 1 atom stereocenters. The summed E-state index contributed by atoms with van der Waals surface area (Å²) in [6.45, 7) is 3.57. The van der Waals surface area contributed by atoms with Crippen LogP contribution in [-0.2, 0) is 11.2 Å². The van der Waals surface area contributed by atoms with Gasteiger partial charge in [-0.05, 0) is 25.1 Å². The third-order valence-corrected chi connectivity index (χ3v) is 2.33. The quantitative estimate of drug-likeness (QED) is 0.769. The molecule has 0 radical (unpaired) electrons. The van der Waals surface area contributed by atoms with Crippen LogP contribution in [0.1, 0.15) is 19.0 Å². The minimum atomic E-state index is -0.248. The second-order valence-corrected chi connectivity index (χ2v) is 3.74. The van der Waals surface area contributed by atoms with Gasteiger partial charge in [0.1, 0.15) is 5.82 Å². The highest BCUT2D eigenvalue weighted by molar-refractivity contribution is 5.08. The first kappa shape index (κ1) is 13.1. The summed E-state index contributed by atoms with van der Waals surface area (Å²) in [5.74, 6) is -0.248. The van der Waals surface area contributed by atoms with E-state index in [1.807, 2.05) is 0 Å². The van der Waals surface area contributed by atoms with Crippen molar-refractivity contribution in [3.63, 3.8) is 0 Å². The topological polar surface area (TPSA) is 34.1 Å². The van der Waals surface area contributed by atoms with E-state index in [-0.39, 0.29) is 11.9 Å². The highest BCUT2D eigenvalue weighted by atomic mass is 19.1. The van der Waals surface area contributed by atoms with Crippen LogP contribution in [0.4, 0.5) is 4.39 Å². The summed E-state index contributed by atoms with van der Waals surface area (Å²) in [7, 11) is 1.65. The molecule has 0 aliphatic carbocycles. The van der Waals surface area contributed by atoms with Gasteiger partial charge in [0.25, 0.3) is 0 Å². The van der Waals surface area contributed by atoms with Crippen LogP contribution in [-0.4, -0.2) is 31.3 Å². The zero-order valence-electron chi connectivity index (χ0n) is 9.87. The normalized spacial score (nSPS) is 12.7. The van der Waals surface area contributed by atoms with E-state index in [4.69, 9.17) is 4.74 Å². The van der Waals surface area contributed by atoms with Crippen molar-refractivity contribution in [3.8, 4) is 0 Å². The average molecular weight is 226 g/mol. The Morgan fingerprint density at radius 1 is 1.56 bits per heavy atom. The largest absolute Gasteiger partial charge is 0.383 e. The number of rotatable bonds is 7. The van der Waals surface area contributed by atoms with Crippen molar-refractivity contribution in [1.29, 1.82) is 0 Å². The molecule has 0 aromatic carbocycles. The van der Waals surface area contributed by atoms with Gasteiger partial charge in [-0.3, -0.25) is 4.98 Å². The highest BCUT2D eigenvalue weighted by Crippen LogP contribution is 2.06. The van der Waals surface area contributed by atoms with E-state index in [2.05, 4.69) is 17.2 Å². The Kier molecular flexibility index (Phi) is 5.96. The Bertz CT molecular complexity index is 307. The number of aromatic nitrogens is 1. The molecule has 3 nitrogen and oxygen atoms in total. The van der Waals surface area contributed by atoms with Crippen LogP contribution in [0, 0.1) is 5.82 Å². The molecule has 16 heavy (non-hydrogen) atoms. The molecule has 0 amide bonds. The molecule has 1 N–H and O–H groups in total. The summed E-state index contributed by atoms with van der Waals surface area (Å²) in [5, 5.41) is 3.31. The van der Waals surface area contributed by atoms with Crippen LogP contribution in [0.5, 0.6) is 0 Å². The molecule has 0 saturated carbocycles. The second kappa shape index (κ2) is 7.30. The lowest BCUT2D eigenvalue weighted by Crippen LogP contribution is -2.36. The standard InChI is InChI=1S/C12H19FN2O/c1-3-6-14-10(9-16-2)8-12-11(13)5-4-7-15-12/h4-5,7,10,14H,3,6,8-9H2,1-2H3. The van der Waals surface area contributed by atoms with Crippen LogP contribution in [0.2, 0.25) is 0 Å². The summed E-state index contributed by atoms with van der Waals surface area (Å²) in [6.07, 6.45) is 3.22. The monoisotopic (exact) mass is 226 g/mol. The molecule has 90 valence electrons. The second-order valence-electron chi connectivity index (χ2n) is 3.74. The van der Waals surface area contributed by atoms with Gasteiger partial charge in [0.05, 0.1) is 12.3 Å². The van der Waals surface area contributed by atoms with Crippen LogP contribution in [0.15, 0.2) is 18.3 Å². The molecule has 1 aromatic rings. The van der Waals surface area contributed by atoms with Gasteiger partial charge in [-0.2, -0.15) is 0 Å². The number of nitrogens with one attached hydrogen (secondary N) is 1. The van der Waals surface area contributed by atoms with Crippen molar-refractivity contribution in [3.05, 3.63) is 29.8 Å². The molecule has 1 rings (SSSR count). The van der Waals surface area contributed by atoms with Crippen molar-refractivity contribution >= 4 is 0 Å². The fraction of sp³-hybridized carbons (Fsp3) is 0.583. The SMILES string of the molecule is CCCNC(COC)Cc1ncccc1F. The van der Waals surface area contributed by atoms with E-state index < -0.39 is 0 Å². The Hall–Kier alpha value is -1.00. The highest BCUT2D eigenvalue weighted by Gasteiger charge is 2.12. The number of hydrogen-bond donors (Lipinski definition) is 1. The predicted octanol–water partition coefficient (Wildman–Crippen LogP) is 1.78. The minimum absolute atomic E-state index is 0.120. The van der Waals surface area contributed by atoms with E-state index in [0.717, 1.165) is 13.0 Å². The molecule has 1 aromatic heterocycles. The predicted molar refractivity (Wildman–Crippen MR) is 61.9 cm³/mol. The lowest BCUT2D eigenvalue weighted by Gasteiger charge is -2.17. The van der Waals surface area contributed by atoms with E-state index in [1.165, 1.54) is 6.07 Å². The smallest absolute Gasteiger partial charge is 0.144 e. The Morgan fingerprint density at radius 3 is 3.00 bits per heavy atom. The number of ether oxygens (including phenoxy) is 1. The number of pyridine rings is 1. The van der Waals surface area contributed by atoms with Gasteiger partial charge in [0.15, 0.2) is 0 Å². The zero-order chi connectivity index (χ0) is 11.8. The van der Waals surface area contributed by atoms with Crippen molar-refractivity contribution < 1.29 is 9.13 Å². The number of hydrogen-bond acceptors (Lipinski definition) is 3. The molecule has 0 spiro atoms.